The summed E-state index contributed by atoms with van der Waals surface area (Å²) in [5, 5.41) is 10.1. The zero-order valence-corrected chi connectivity index (χ0v) is 16.6. The molecule has 0 saturated heterocycles. The highest BCUT2D eigenvalue weighted by Crippen LogP contribution is 2.70. The maximum Gasteiger partial charge on any atom is 0.310 e. The molecule has 0 aromatic rings. The molecule has 0 aromatic carbocycles. The molecule has 142 valence electrons. The summed E-state index contributed by atoms with van der Waals surface area (Å²) in [6.07, 6.45) is 10.5. The molecule has 3 fully saturated rings. The van der Waals surface area contributed by atoms with E-state index in [2.05, 4.69) is 27.7 Å². The van der Waals surface area contributed by atoms with Crippen molar-refractivity contribution in [1.82, 2.24) is 0 Å². The van der Waals surface area contributed by atoms with E-state index in [9.17, 15) is 14.7 Å². The van der Waals surface area contributed by atoms with Gasteiger partial charge in [-0.1, -0.05) is 31.9 Å². The normalized spacial score (nSPS) is 47.4. The molecular weight excluding hydrogens is 324 g/mol. The molecular formula is C23H32O3. The Morgan fingerprint density at radius 2 is 1.85 bits per heavy atom. The number of rotatable bonds is 2. The van der Waals surface area contributed by atoms with E-state index in [0.29, 0.717) is 17.8 Å². The topological polar surface area (TPSA) is 54.4 Å². The van der Waals surface area contributed by atoms with Crippen LogP contribution in [-0.4, -0.2) is 16.9 Å². The molecule has 26 heavy (non-hydrogen) atoms. The van der Waals surface area contributed by atoms with Gasteiger partial charge in [0.2, 0.25) is 0 Å². The first-order chi connectivity index (χ1) is 12.2. The Balaban J connectivity index is 1.74. The number of carboxylic acids is 1. The zero-order valence-electron chi connectivity index (χ0n) is 16.6. The van der Waals surface area contributed by atoms with Crippen LogP contribution in [0.3, 0.4) is 0 Å². The summed E-state index contributed by atoms with van der Waals surface area (Å²) in [4.78, 5) is 24.3. The monoisotopic (exact) mass is 356 g/mol. The zero-order chi connectivity index (χ0) is 18.9. The second kappa shape index (κ2) is 5.56. The van der Waals surface area contributed by atoms with Gasteiger partial charge in [-0.2, -0.15) is 0 Å². The quantitative estimate of drug-likeness (QED) is 0.743. The molecule has 3 saturated carbocycles. The van der Waals surface area contributed by atoms with Crippen molar-refractivity contribution in [2.24, 2.45) is 34.0 Å². The van der Waals surface area contributed by atoms with Crippen molar-refractivity contribution in [3.05, 3.63) is 23.3 Å². The number of carbonyl (C=O) groups is 2. The molecule has 3 heteroatoms. The van der Waals surface area contributed by atoms with Crippen molar-refractivity contribution >= 4 is 11.8 Å². The first-order valence-electron chi connectivity index (χ1n) is 10.4. The van der Waals surface area contributed by atoms with Crippen LogP contribution in [0.2, 0.25) is 0 Å². The van der Waals surface area contributed by atoms with Crippen LogP contribution in [0.4, 0.5) is 0 Å². The van der Waals surface area contributed by atoms with Crippen LogP contribution in [-0.2, 0) is 9.59 Å². The minimum Gasteiger partial charge on any atom is -0.481 e. The predicted molar refractivity (Wildman–Crippen MR) is 102 cm³/mol. The SMILES string of the molecule is CC[C@@]1(C(=O)O)CC[C@H]2[C@@H]3CCC4=CC(=O)C=C(C)[C@]4(C)[C@H]3CC[C@@]21C. The lowest BCUT2D eigenvalue weighted by Crippen LogP contribution is -2.54. The van der Waals surface area contributed by atoms with Crippen LogP contribution >= 0.6 is 0 Å². The average molecular weight is 357 g/mol. The Kier molecular flexibility index (Phi) is 3.85. The number of allylic oxidation sites excluding steroid dienone is 4. The lowest BCUT2D eigenvalue weighted by Gasteiger charge is -2.59. The second-order valence-electron chi connectivity index (χ2n) is 9.75. The summed E-state index contributed by atoms with van der Waals surface area (Å²) in [5.74, 6) is 1.20. The molecule has 0 radical (unpaired) electrons. The first-order valence-corrected chi connectivity index (χ1v) is 10.4. The van der Waals surface area contributed by atoms with Gasteiger partial charge in [0.15, 0.2) is 5.78 Å². The minimum atomic E-state index is -0.578. The Labute approximate surface area is 156 Å². The van der Waals surface area contributed by atoms with E-state index in [1.807, 2.05) is 12.2 Å². The number of aliphatic carboxylic acids is 1. The van der Waals surface area contributed by atoms with E-state index in [4.69, 9.17) is 0 Å². The second-order valence-corrected chi connectivity index (χ2v) is 9.75. The number of ketones is 1. The number of fused-ring (bicyclic) bond motifs is 5. The van der Waals surface area contributed by atoms with Gasteiger partial charge in [-0.3, -0.25) is 9.59 Å². The fourth-order valence-electron chi connectivity index (χ4n) is 7.79. The molecule has 1 N–H and O–H groups in total. The standard InChI is InChI=1S/C23H32O3/c1-5-23(20(25)26)11-9-18-17-7-6-15-13-16(24)12-14(2)22(15,4)19(17)8-10-21(18,23)3/h12-13,17-19H,5-11H2,1-4H3,(H,25,26)/t17-,18-,19-,21-,22-,23-/m0/s1. The van der Waals surface area contributed by atoms with Crippen molar-refractivity contribution in [3.63, 3.8) is 0 Å². The summed E-state index contributed by atoms with van der Waals surface area (Å²) >= 11 is 0. The van der Waals surface area contributed by atoms with E-state index >= 15 is 0 Å². The molecule has 4 aliphatic rings. The van der Waals surface area contributed by atoms with Gasteiger partial charge in [-0.25, -0.2) is 0 Å². The van der Waals surface area contributed by atoms with E-state index in [0.717, 1.165) is 44.9 Å². The van der Waals surface area contributed by atoms with Crippen LogP contribution in [0.1, 0.15) is 72.6 Å². The van der Waals surface area contributed by atoms with E-state index in [-0.39, 0.29) is 16.6 Å². The van der Waals surface area contributed by atoms with E-state index in [1.165, 1.54) is 11.1 Å². The largest absolute Gasteiger partial charge is 0.481 e. The highest BCUT2D eigenvalue weighted by atomic mass is 16.4. The van der Waals surface area contributed by atoms with Gasteiger partial charge < -0.3 is 5.11 Å². The maximum absolute atomic E-state index is 12.3. The maximum atomic E-state index is 12.3. The fraction of sp³-hybridized carbons (Fsp3) is 0.739. The first kappa shape index (κ1) is 18.0. The Hall–Kier alpha value is -1.38. The third kappa shape index (κ3) is 1.95. The lowest BCUT2D eigenvalue weighted by atomic mass is 9.44. The number of carboxylic acid groups (broad SMARTS) is 1. The number of hydrogen-bond acceptors (Lipinski definition) is 2. The Bertz CT molecular complexity index is 732. The third-order valence-electron chi connectivity index (χ3n) is 9.47. The number of hydrogen-bond donors (Lipinski definition) is 1. The van der Waals surface area contributed by atoms with E-state index in [1.54, 1.807) is 0 Å². The van der Waals surface area contributed by atoms with Crippen molar-refractivity contribution < 1.29 is 14.7 Å². The van der Waals surface area contributed by atoms with Gasteiger partial charge in [-0.05, 0) is 87.2 Å². The molecule has 0 aromatic heterocycles. The van der Waals surface area contributed by atoms with Crippen LogP contribution in [0, 0.1) is 34.0 Å². The fourth-order valence-corrected chi connectivity index (χ4v) is 7.79. The van der Waals surface area contributed by atoms with E-state index < -0.39 is 11.4 Å². The van der Waals surface area contributed by atoms with Gasteiger partial charge >= 0.3 is 5.97 Å². The van der Waals surface area contributed by atoms with Crippen LogP contribution < -0.4 is 0 Å². The average Bonchev–Trinajstić information content (AvgIpc) is 2.89. The summed E-state index contributed by atoms with van der Waals surface area (Å²) in [5.41, 5.74) is 1.90. The molecule has 0 heterocycles. The molecule has 0 aliphatic heterocycles. The lowest BCUT2D eigenvalue weighted by molar-refractivity contribution is -0.163. The van der Waals surface area contributed by atoms with Gasteiger partial charge in [0, 0.05) is 5.41 Å². The molecule has 4 rings (SSSR count). The summed E-state index contributed by atoms with van der Waals surface area (Å²) in [7, 11) is 0. The van der Waals surface area contributed by atoms with Crippen molar-refractivity contribution in [3.8, 4) is 0 Å². The van der Waals surface area contributed by atoms with Crippen molar-refractivity contribution in [2.75, 3.05) is 0 Å². The summed E-state index contributed by atoms with van der Waals surface area (Å²) in [6, 6.07) is 0. The molecule has 0 unspecified atom stereocenters. The highest BCUT2D eigenvalue weighted by Gasteiger charge is 2.66. The highest BCUT2D eigenvalue weighted by molar-refractivity contribution is 6.02. The Morgan fingerprint density at radius 3 is 2.50 bits per heavy atom. The molecule has 0 spiro atoms. The van der Waals surface area contributed by atoms with Gasteiger partial charge in [0.05, 0.1) is 5.41 Å². The molecule has 3 nitrogen and oxygen atoms in total. The summed E-state index contributed by atoms with van der Waals surface area (Å²) < 4.78 is 0. The molecule has 0 amide bonds. The van der Waals surface area contributed by atoms with Gasteiger partial charge in [0.1, 0.15) is 0 Å². The van der Waals surface area contributed by atoms with Crippen LogP contribution in [0.15, 0.2) is 23.3 Å². The minimum absolute atomic E-state index is 0.00115. The van der Waals surface area contributed by atoms with Gasteiger partial charge in [0.25, 0.3) is 0 Å². The van der Waals surface area contributed by atoms with Crippen LogP contribution in [0.25, 0.3) is 0 Å². The van der Waals surface area contributed by atoms with Gasteiger partial charge in [-0.15, -0.1) is 0 Å². The molecule has 4 aliphatic carbocycles. The summed E-state index contributed by atoms with van der Waals surface area (Å²) in [6.45, 7) is 8.81. The Morgan fingerprint density at radius 1 is 1.15 bits per heavy atom. The molecule has 0 bridgehead atoms. The van der Waals surface area contributed by atoms with Crippen molar-refractivity contribution in [1.29, 1.82) is 0 Å². The van der Waals surface area contributed by atoms with Crippen molar-refractivity contribution in [2.45, 2.75) is 72.6 Å². The third-order valence-corrected chi connectivity index (χ3v) is 9.47. The van der Waals surface area contributed by atoms with Crippen LogP contribution in [0.5, 0.6) is 0 Å². The predicted octanol–water partition coefficient (Wildman–Crippen LogP) is 5.17. The smallest absolute Gasteiger partial charge is 0.310 e. The molecule has 6 atom stereocenters. The number of carbonyl (C=O) groups excluding carboxylic acids is 1.